The van der Waals surface area contributed by atoms with Crippen LogP contribution >= 0.6 is 0 Å². The van der Waals surface area contributed by atoms with E-state index >= 15 is 0 Å². The number of aromatic nitrogens is 6. The van der Waals surface area contributed by atoms with E-state index in [1.54, 1.807) is 35.5 Å². The van der Waals surface area contributed by atoms with E-state index in [1.165, 1.54) is 6.07 Å². The highest BCUT2D eigenvalue weighted by Crippen LogP contribution is 2.39. The molecule has 0 aliphatic heterocycles. The maximum absolute atomic E-state index is 13.7. The van der Waals surface area contributed by atoms with Crippen LogP contribution in [0.4, 0.5) is 19.1 Å². The molecule has 0 saturated heterocycles. The number of nitrogens with zero attached hydrogens (tertiary/aromatic N) is 6. The Labute approximate surface area is 199 Å². The number of alkyl halides is 3. The van der Waals surface area contributed by atoms with E-state index in [9.17, 15) is 13.2 Å². The van der Waals surface area contributed by atoms with Crippen molar-refractivity contribution in [3.8, 4) is 28.2 Å². The Bertz CT molecular complexity index is 1510. The maximum Gasteiger partial charge on any atom is 0.416 e. The van der Waals surface area contributed by atoms with Crippen LogP contribution in [0.1, 0.15) is 26.3 Å². The molecular weight excluding hydrogens is 455 g/mol. The van der Waals surface area contributed by atoms with Gasteiger partial charge >= 0.3 is 6.18 Å². The fourth-order valence-electron chi connectivity index (χ4n) is 4.11. The number of hydrogen-bond donors (Lipinski definition) is 1. The molecule has 35 heavy (non-hydrogen) atoms. The van der Waals surface area contributed by atoms with Crippen molar-refractivity contribution < 1.29 is 13.2 Å². The first-order chi connectivity index (χ1) is 16.5. The number of anilines is 1. The highest BCUT2D eigenvalue weighted by molar-refractivity contribution is 5.87. The molecule has 0 aliphatic carbocycles. The van der Waals surface area contributed by atoms with Crippen LogP contribution in [0.2, 0.25) is 0 Å². The predicted octanol–water partition coefficient (Wildman–Crippen LogP) is 5.70. The molecule has 0 saturated carbocycles. The van der Waals surface area contributed by atoms with Crippen LogP contribution in [0.25, 0.3) is 39.2 Å². The summed E-state index contributed by atoms with van der Waals surface area (Å²) in [5.74, 6) is 0.583. The van der Waals surface area contributed by atoms with Gasteiger partial charge in [0.1, 0.15) is 5.82 Å². The minimum absolute atomic E-state index is 0.171. The lowest BCUT2D eigenvalue weighted by molar-refractivity contribution is -0.137. The van der Waals surface area contributed by atoms with E-state index in [-0.39, 0.29) is 5.95 Å². The van der Waals surface area contributed by atoms with E-state index < -0.39 is 17.3 Å². The number of nitrogen functional groups attached to an aromatic ring is 1. The molecule has 0 unspecified atom stereocenters. The molecule has 0 bridgehead atoms. The summed E-state index contributed by atoms with van der Waals surface area (Å²) in [6.07, 6.45) is 2.00. The third-order valence-electron chi connectivity index (χ3n) is 5.65. The number of hydrogen-bond acceptors (Lipinski definition) is 5. The van der Waals surface area contributed by atoms with Gasteiger partial charge in [-0.25, -0.2) is 19.6 Å². The van der Waals surface area contributed by atoms with Crippen LogP contribution in [0.3, 0.4) is 0 Å². The van der Waals surface area contributed by atoms with Crippen molar-refractivity contribution in [2.24, 2.45) is 0 Å². The Morgan fingerprint density at radius 1 is 0.914 bits per heavy atom. The smallest absolute Gasteiger partial charge is 0.368 e. The Kier molecular flexibility index (Phi) is 5.12. The summed E-state index contributed by atoms with van der Waals surface area (Å²) in [5, 5.41) is 4.25. The fraction of sp³-hybridized carbons (Fsp3) is 0.200. The summed E-state index contributed by atoms with van der Waals surface area (Å²) >= 11 is 0. The third kappa shape index (κ3) is 4.11. The summed E-state index contributed by atoms with van der Waals surface area (Å²) in [7, 11) is 0. The number of nitrogens with two attached hydrogens (primary N) is 1. The van der Waals surface area contributed by atoms with Gasteiger partial charge in [-0.15, -0.1) is 0 Å². The van der Waals surface area contributed by atoms with Gasteiger partial charge in [-0.3, -0.25) is 0 Å². The molecule has 3 heterocycles. The molecule has 7 nitrogen and oxygen atoms in total. The van der Waals surface area contributed by atoms with Crippen LogP contribution in [-0.2, 0) is 11.7 Å². The van der Waals surface area contributed by atoms with Crippen LogP contribution in [0, 0.1) is 0 Å². The van der Waals surface area contributed by atoms with Crippen LogP contribution in [-0.4, -0.2) is 29.3 Å². The molecule has 178 valence electrons. The molecule has 0 atom stereocenters. The van der Waals surface area contributed by atoms with Crippen molar-refractivity contribution in [3.05, 3.63) is 72.8 Å². The summed E-state index contributed by atoms with van der Waals surface area (Å²) < 4.78 is 44.6. The standard InChI is InChI=1S/C25H22F3N7/c1-24(2,3)35-21-7-5-15(16-13-30-23(29)31-14-16)11-19(21)33-22(35)18-12-17(25(26,27)28)6-8-20(18)34-10-4-9-32-34/h4-14H,1-3H3,(H2,29,30,31). The van der Waals surface area contributed by atoms with Crippen molar-refractivity contribution >= 4 is 17.0 Å². The van der Waals surface area contributed by atoms with Gasteiger partial charge in [0.15, 0.2) is 0 Å². The highest BCUT2D eigenvalue weighted by atomic mass is 19.4. The predicted molar refractivity (Wildman–Crippen MR) is 128 cm³/mol. The first kappa shape index (κ1) is 22.6. The molecule has 5 aromatic rings. The lowest BCUT2D eigenvalue weighted by atomic mass is 10.0. The molecular formula is C25H22F3N7. The Morgan fingerprint density at radius 3 is 2.29 bits per heavy atom. The molecule has 2 aromatic carbocycles. The van der Waals surface area contributed by atoms with Crippen molar-refractivity contribution in [2.75, 3.05) is 5.73 Å². The van der Waals surface area contributed by atoms with Crippen LogP contribution < -0.4 is 5.73 Å². The zero-order valence-electron chi connectivity index (χ0n) is 19.2. The lowest BCUT2D eigenvalue weighted by Crippen LogP contribution is -2.23. The van der Waals surface area contributed by atoms with Crippen molar-refractivity contribution in [3.63, 3.8) is 0 Å². The van der Waals surface area contributed by atoms with E-state index in [0.29, 0.717) is 22.6 Å². The maximum atomic E-state index is 13.7. The largest absolute Gasteiger partial charge is 0.416 e. The fourth-order valence-corrected chi connectivity index (χ4v) is 4.11. The lowest BCUT2D eigenvalue weighted by Gasteiger charge is -2.26. The van der Waals surface area contributed by atoms with Gasteiger partial charge in [-0.1, -0.05) is 6.07 Å². The average molecular weight is 477 g/mol. The first-order valence-corrected chi connectivity index (χ1v) is 10.8. The van der Waals surface area contributed by atoms with Crippen molar-refractivity contribution in [2.45, 2.75) is 32.5 Å². The second-order valence-corrected chi connectivity index (χ2v) is 9.16. The van der Waals surface area contributed by atoms with Gasteiger partial charge < -0.3 is 10.3 Å². The second-order valence-electron chi connectivity index (χ2n) is 9.16. The molecule has 0 fully saturated rings. The average Bonchev–Trinajstić information content (AvgIpc) is 3.46. The van der Waals surface area contributed by atoms with Gasteiger partial charge in [0.05, 0.1) is 22.3 Å². The topological polar surface area (TPSA) is 87.4 Å². The summed E-state index contributed by atoms with van der Waals surface area (Å²) in [4.78, 5) is 12.9. The summed E-state index contributed by atoms with van der Waals surface area (Å²) in [5.41, 5.74) is 8.18. The highest BCUT2D eigenvalue weighted by Gasteiger charge is 2.33. The summed E-state index contributed by atoms with van der Waals surface area (Å²) in [6.45, 7) is 5.96. The Hall–Kier alpha value is -4.21. The van der Waals surface area contributed by atoms with E-state index in [2.05, 4.69) is 15.1 Å². The normalized spacial score (nSPS) is 12.4. The van der Waals surface area contributed by atoms with Crippen LogP contribution in [0.5, 0.6) is 0 Å². The molecule has 10 heteroatoms. The molecule has 2 N–H and O–H groups in total. The molecule has 3 aromatic heterocycles. The number of halogens is 3. The van der Waals surface area contributed by atoms with E-state index in [4.69, 9.17) is 10.7 Å². The SMILES string of the molecule is CC(C)(C)n1c(-c2cc(C(F)(F)F)ccc2-n2cccn2)nc2cc(-c3cnc(N)nc3)ccc21. The number of benzene rings is 2. The van der Waals surface area contributed by atoms with Gasteiger partial charge in [0.25, 0.3) is 0 Å². The molecule has 5 rings (SSSR count). The Morgan fingerprint density at radius 2 is 1.66 bits per heavy atom. The molecule has 0 spiro atoms. The van der Waals surface area contributed by atoms with Gasteiger partial charge in [-0.2, -0.15) is 18.3 Å². The third-order valence-corrected chi connectivity index (χ3v) is 5.65. The second kappa shape index (κ2) is 7.93. The first-order valence-electron chi connectivity index (χ1n) is 10.8. The van der Waals surface area contributed by atoms with E-state index in [1.807, 2.05) is 43.5 Å². The van der Waals surface area contributed by atoms with E-state index in [0.717, 1.165) is 28.8 Å². The summed E-state index contributed by atoms with van der Waals surface area (Å²) in [6, 6.07) is 11.0. The molecule has 0 radical (unpaired) electrons. The van der Waals surface area contributed by atoms with Gasteiger partial charge in [0.2, 0.25) is 5.95 Å². The quantitative estimate of drug-likeness (QED) is 0.360. The number of imidazole rings is 1. The van der Waals surface area contributed by atoms with Gasteiger partial charge in [0, 0.05) is 41.5 Å². The minimum Gasteiger partial charge on any atom is -0.368 e. The minimum atomic E-state index is -4.50. The molecule has 0 aliphatic rings. The zero-order chi connectivity index (χ0) is 25.0. The van der Waals surface area contributed by atoms with Crippen molar-refractivity contribution in [1.82, 2.24) is 29.3 Å². The monoisotopic (exact) mass is 477 g/mol. The van der Waals surface area contributed by atoms with Gasteiger partial charge in [-0.05, 0) is 62.7 Å². The number of rotatable bonds is 3. The van der Waals surface area contributed by atoms with Crippen molar-refractivity contribution in [1.29, 1.82) is 0 Å². The zero-order valence-corrected chi connectivity index (χ0v) is 19.2. The molecule has 0 amide bonds. The van der Waals surface area contributed by atoms with Crippen LogP contribution in [0.15, 0.2) is 67.3 Å². The number of fused-ring (bicyclic) bond motifs is 1. The Balaban J connectivity index is 1.79.